The molecule has 0 amide bonds. The van der Waals surface area contributed by atoms with Crippen molar-refractivity contribution in [3.8, 4) is 0 Å². The number of nitrogens with zero attached hydrogens (tertiary/aromatic N) is 1. The highest BCUT2D eigenvalue weighted by Crippen LogP contribution is 2.11. The maximum absolute atomic E-state index is 10.4. The average molecular weight is 169 g/mol. The van der Waals surface area contributed by atoms with E-state index in [1.54, 1.807) is 13.2 Å². The second-order valence-corrected chi connectivity index (χ2v) is 2.76. The van der Waals surface area contributed by atoms with Gasteiger partial charge in [-0.25, -0.2) is 0 Å². The predicted octanol–water partition coefficient (Wildman–Crippen LogP) is 0.199. The molecule has 5 nitrogen and oxygen atoms in total. The summed E-state index contributed by atoms with van der Waals surface area (Å²) in [6, 6.07) is 0. The van der Waals surface area contributed by atoms with Crippen molar-refractivity contribution in [3.63, 3.8) is 0 Å². The van der Waals surface area contributed by atoms with Crippen molar-refractivity contribution < 1.29 is 4.92 Å². The first-order valence-electron chi connectivity index (χ1n) is 3.58. The van der Waals surface area contributed by atoms with E-state index in [0.717, 1.165) is 0 Å². The fraction of sp³-hybridized carbons (Fsp3) is 0.429. The highest BCUT2D eigenvalue weighted by molar-refractivity contribution is 5.22. The largest absolute Gasteiger partial charge is 0.370 e. The molecule has 0 aliphatic carbocycles. The van der Waals surface area contributed by atoms with Crippen molar-refractivity contribution in [2.24, 2.45) is 0 Å². The summed E-state index contributed by atoms with van der Waals surface area (Å²) in [6.45, 7) is 1.82. The standard InChI is InChI=1S/C7H11N3O2/c1-7(8-2)5-6(10(11)12)3-4-9-7/h3-5,8-9H,1-2H3. The number of hydrogen-bond donors (Lipinski definition) is 2. The number of rotatable bonds is 2. The van der Waals surface area contributed by atoms with Gasteiger partial charge in [0.25, 0.3) is 5.70 Å². The summed E-state index contributed by atoms with van der Waals surface area (Å²) in [5.74, 6) is 0. The van der Waals surface area contributed by atoms with Gasteiger partial charge in [-0.05, 0) is 14.0 Å². The molecule has 0 radical (unpaired) electrons. The number of likely N-dealkylation sites (N-methyl/N-ethyl adjacent to an activating group) is 1. The second-order valence-electron chi connectivity index (χ2n) is 2.76. The van der Waals surface area contributed by atoms with Gasteiger partial charge in [0, 0.05) is 18.4 Å². The van der Waals surface area contributed by atoms with Gasteiger partial charge in [-0.15, -0.1) is 0 Å². The van der Waals surface area contributed by atoms with Crippen LogP contribution in [0.5, 0.6) is 0 Å². The molecule has 0 aromatic rings. The molecule has 1 aliphatic heterocycles. The molecule has 1 rings (SSSR count). The van der Waals surface area contributed by atoms with Gasteiger partial charge >= 0.3 is 0 Å². The summed E-state index contributed by atoms with van der Waals surface area (Å²) in [6.07, 6.45) is 4.53. The summed E-state index contributed by atoms with van der Waals surface area (Å²) < 4.78 is 0. The maximum atomic E-state index is 10.4. The van der Waals surface area contributed by atoms with Gasteiger partial charge in [0.05, 0.1) is 4.92 Å². The van der Waals surface area contributed by atoms with E-state index in [4.69, 9.17) is 0 Å². The van der Waals surface area contributed by atoms with E-state index in [1.165, 1.54) is 12.2 Å². The SMILES string of the molecule is CNC1(C)C=C([N+](=O)[O-])C=CN1. The van der Waals surface area contributed by atoms with Gasteiger partial charge in [0.15, 0.2) is 0 Å². The van der Waals surface area contributed by atoms with E-state index in [2.05, 4.69) is 10.6 Å². The smallest absolute Gasteiger partial charge is 0.270 e. The second kappa shape index (κ2) is 2.94. The number of nitro groups is 1. The van der Waals surface area contributed by atoms with Crippen LogP contribution in [0.2, 0.25) is 0 Å². The molecule has 12 heavy (non-hydrogen) atoms. The van der Waals surface area contributed by atoms with E-state index >= 15 is 0 Å². The Morgan fingerprint density at radius 1 is 1.75 bits per heavy atom. The Balaban J connectivity index is 2.89. The minimum absolute atomic E-state index is 0.102. The van der Waals surface area contributed by atoms with Crippen LogP contribution in [0, 0.1) is 10.1 Å². The molecule has 2 N–H and O–H groups in total. The summed E-state index contributed by atoms with van der Waals surface area (Å²) in [5.41, 5.74) is -0.414. The molecule has 0 aromatic carbocycles. The van der Waals surface area contributed by atoms with Crippen LogP contribution in [0.25, 0.3) is 0 Å². The zero-order chi connectivity index (χ0) is 9.19. The third-order valence-electron chi connectivity index (χ3n) is 1.80. The molecular formula is C7H11N3O2. The Bertz CT molecular complexity index is 259. The van der Waals surface area contributed by atoms with Crippen molar-refractivity contribution in [2.75, 3.05) is 7.05 Å². The minimum atomic E-state index is -0.517. The van der Waals surface area contributed by atoms with Crippen LogP contribution in [0.4, 0.5) is 0 Å². The first-order valence-corrected chi connectivity index (χ1v) is 3.58. The Morgan fingerprint density at radius 3 is 2.92 bits per heavy atom. The molecule has 0 spiro atoms. The Kier molecular flexibility index (Phi) is 2.14. The van der Waals surface area contributed by atoms with E-state index in [-0.39, 0.29) is 5.70 Å². The highest BCUT2D eigenvalue weighted by atomic mass is 16.6. The number of allylic oxidation sites excluding steroid dienone is 1. The highest BCUT2D eigenvalue weighted by Gasteiger charge is 2.24. The summed E-state index contributed by atoms with van der Waals surface area (Å²) in [5, 5.41) is 16.3. The van der Waals surface area contributed by atoms with Crippen molar-refractivity contribution in [3.05, 3.63) is 34.2 Å². The van der Waals surface area contributed by atoms with E-state index < -0.39 is 10.6 Å². The van der Waals surface area contributed by atoms with Gasteiger partial charge in [-0.3, -0.25) is 15.4 Å². The first-order chi connectivity index (χ1) is 5.57. The van der Waals surface area contributed by atoms with Crippen LogP contribution in [-0.4, -0.2) is 17.6 Å². The van der Waals surface area contributed by atoms with Crippen molar-refractivity contribution in [1.82, 2.24) is 10.6 Å². The molecule has 5 heteroatoms. The van der Waals surface area contributed by atoms with Crippen LogP contribution in [0.15, 0.2) is 24.0 Å². The zero-order valence-corrected chi connectivity index (χ0v) is 7.00. The quantitative estimate of drug-likeness (QED) is 0.457. The normalized spacial score (nSPS) is 27.7. The predicted molar refractivity (Wildman–Crippen MR) is 44.8 cm³/mol. The third kappa shape index (κ3) is 1.62. The van der Waals surface area contributed by atoms with Gasteiger partial charge in [0.2, 0.25) is 0 Å². The van der Waals surface area contributed by atoms with Crippen LogP contribution in [0.1, 0.15) is 6.92 Å². The third-order valence-corrected chi connectivity index (χ3v) is 1.80. The minimum Gasteiger partial charge on any atom is -0.370 e. The van der Waals surface area contributed by atoms with E-state index in [0.29, 0.717) is 0 Å². The first kappa shape index (κ1) is 8.73. The number of hydrogen-bond acceptors (Lipinski definition) is 4. The number of nitrogens with one attached hydrogen (secondary N) is 2. The van der Waals surface area contributed by atoms with Crippen molar-refractivity contribution in [2.45, 2.75) is 12.6 Å². The molecule has 1 aliphatic rings. The lowest BCUT2D eigenvalue weighted by atomic mass is 10.1. The van der Waals surface area contributed by atoms with Gasteiger partial charge in [0.1, 0.15) is 5.66 Å². The molecule has 0 saturated carbocycles. The van der Waals surface area contributed by atoms with Crippen molar-refractivity contribution in [1.29, 1.82) is 0 Å². The fourth-order valence-electron chi connectivity index (χ4n) is 0.944. The fourth-order valence-corrected chi connectivity index (χ4v) is 0.944. The van der Waals surface area contributed by atoms with Crippen LogP contribution >= 0.6 is 0 Å². The molecule has 1 atom stereocenters. The van der Waals surface area contributed by atoms with E-state index in [9.17, 15) is 10.1 Å². The van der Waals surface area contributed by atoms with Crippen molar-refractivity contribution >= 4 is 0 Å². The van der Waals surface area contributed by atoms with Gasteiger partial charge in [-0.1, -0.05) is 0 Å². The molecule has 0 aromatic heterocycles. The van der Waals surface area contributed by atoms with Crippen LogP contribution < -0.4 is 10.6 Å². The topological polar surface area (TPSA) is 67.2 Å². The van der Waals surface area contributed by atoms with Crippen LogP contribution in [-0.2, 0) is 0 Å². The Labute approximate surface area is 70.3 Å². The lowest BCUT2D eigenvalue weighted by Gasteiger charge is -2.27. The van der Waals surface area contributed by atoms with Gasteiger partial charge in [-0.2, -0.15) is 0 Å². The average Bonchev–Trinajstić information content (AvgIpc) is 2.05. The van der Waals surface area contributed by atoms with Gasteiger partial charge < -0.3 is 5.32 Å². The molecular weight excluding hydrogens is 158 g/mol. The molecule has 1 unspecified atom stereocenters. The maximum Gasteiger partial charge on any atom is 0.270 e. The Morgan fingerprint density at radius 2 is 2.42 bits per heavy atom. The molecule has 66 valence electrons. The molecule has 0 fully saturated rings. The Hall–Kier alpha value is -1.36. The monoisotopic (exact) mass is 169 g/mol. The molecule has 0 saturated heterocycles. The summed E-state index contributed by atoms with van der Waals surface area (Å²) >= 11 is 0. The molecule has 0 bridgehead atoms. The van der Waals surface area contributed by atoms with Crippen LogP contribution in [0.3, 0.4) is 0 Å². The lowest BCUT2D eigenvalue weighted by molar-refractivity contribution is -0.419. The lowest BCUT2D eigenvalue weighted by Crippen LogP contribution is -2.50. The summed E-state index contributed by atoms with van der Waals surface area (Å²) in [4.78, 5) is 9.98. The molecule has 1 heterocycles. The summed E-state index contributed by atoms with van der Waals surface area (Å²) in [7, 11) is 1.74. The number of dihydropyridines is 1. The van der Waals surface area contributed by atoms with E-state index in [1.807, 2.05) is 6.92 Å². The zero-order valence-electron chi connectivity index (χ0n) is 7.00.